The van der Waals surface area contributed by atoms with Crippen LogP contribution in [-0.4, -0.2) is 44.6 Å². The monoisotopic (exact) mass is 279 g/mol. The maximum Gasteiger partial charge on any atom is 0.421 e. The highest BCUT2D eigenvalue weighted by Crippen LogP contribution is 2.18. The van der Waals surface area contributed by atoms with Gasteiger partial charge in [-0.15, -0.1) is 0 Å². The average molecular weight is 279 g/mol. The van der Waals surface area contributed by atoms with Crippen molar-refractivity contribution in [3.63, 3.8) is 0 Å². The van der Waals surface area contributed by atoms with Gasteiger partial charge < -0.3 is 10.5 Å². The molecule has 1 aliphatic heterocycles. The van der Waals surface area contributed by atoms with Crippen molar-refractivity contribution in [2.24, 2.45) is 5.73 Å². The Hall–Kier alpha value is -0.860. The van der Waals surface area contributed by atoms with Crippen molar-refractivity contribution in [3.8, 4) is 0 Å². The van der Waals surface area contributed by atoms with Gasteiger partial charge in [0.2, 0.25) is 0 Å². The fourth-order valence-corrected chi connectivity index (χ4v) is 3.37. The van der Waals surface area contributed by atoms with E-state index >= 15 is 0 Å². The van der Waals surface area contributed by atoms with Crippen LogP contribution in [-0.2, 0) is 14.9 Å². The number of nitrogens with two attached hydrogens (primary N) is 1. The first-order chi connectivity index (χ1) is 8.51. The van der Waals surface area contributed by atoms with Gasteiger partial charge in [0.25, 0.3) is 0 Å². The van der Waals surface area contributed by atoms with Gasteiger partial charge in [-0.1, -0.05) is 12.8 Å². The van der Waals surface area contributed by atoms with Gasteiger partial charge in [0.1, 0.15) is 0 Å². The van der Waals surface area contributed by atoms with E-state index < -0.39 is 16.3 Å². The molecule has 106 valence electrons. The van der Waals surface area contributed by atoms with E-state index in [1.165, 1.54) is 4.31 Å². The van der Waals surface area contributed by atoms with E-state index in [0.717, 1.165) is 25.7 Å². The Morgan fingerprint density at radius 3 is 2.78 bits per heavy atom. The molecule has 1 amide bonds. The summed E-state index contributed by atoms with van der Waals surface area (Å²) in [7, 11) is -3.86. The summed E-state index contributed by atoms with van der Waals surface area (Å²) in [6.07, 6.45) is 2.48. The topological polar surface area (TPSA) is 102 Å². The largest absolute Gasteiger partial charge is 0.449 e. The third-order valence-corrected chi connectivity index (χ3v) is 4.41. The number of hydrogen-bond acceptors (Lipinski definition) is 5. The van der Waals surface area contributed by atoms with Gasteiger partial charge in [-0.25, -0.2) is 9.52 Å². The Morgan fingerprint density at radius 2 is 2.17 bits per heavy atom. The second kappa shape index (κ2) is 6.91. The molecule has 0 aliphatic carbocycles. The maximum atomic E-state index is 12.1. The molecule has 1 aliphatic rings. The smallest absolute Gasteiger partial charge is 0.421 e. The molecule has 1 unspecified atom stereocenters. The molecule has 1 rings (SSSR count). The van der Waals surface area contributed by atoms with Gasteiger partial charge >= 0.3 is 16.3 Å². The molecule has 0 aromatic heterocycles. The van der Waals surface area contributed by atoms with E-state index in [4.69, 9.17) is 5.73 Å². The second-order valence-electron chi connectivity index (χ2n) is 4.18. The first-order valence-corrected chi connectivity index (χ1v) is 7.61. The number of carbonyl (C=O) groups is 1. The van der Waals surface area contributed by atoms with E-state index in [0.29, 0.717) is 6.54 Å². The van der Waals surface area contributed by atoms with Crippen LogP contribution in [0.25, 0.3) is 0 Å². The molecule has 0 aromatic rings. The fourth-order valence-electron chi connectivity index (χ4n) is 2.03. The molecule has 0 radical (unpaired) electrons. The summed E-state index contributed by atoms with van der Waals surface area (Å²) in [4.78, 5) is 11.2. The lowest BCUT2D eigenvalue weighted by atomic mass is 10.1. The maximum absolute atomic E-state index is 12.1. The molecule has 0 saturated carbocycles. The zero-order valence-corrected chi connectivity index (χ0v) is 11.4. The van der Waals surface area contributed by atoms with Crippen molar-refractivity contribution in [2.45, 2.75) is 38.6 Å². The molecule has 1 saturated heterocycles. The summed E-state index contributed by atoms with van der Waals surface area (Å²) in [6.45, 7) is 2.38. The van der Waals surface area contributed by atoms with Crippen molar-refractivity contribution >= 4 is 16.3 Å². The summed E-state index contributed by atoms with van der Waals surface area (Å²) in [6, 6.07) is -0.251. The minimum absolute atomic E-state index is 0.127. The van der Waals surface area contributed by atoms with Crippen LogP contribution in [0.4, 0.5) is 4.79 Å². The van der Waals surface area contributed by atoms with Crippen LogP contribution in [0.5, 0.6) is 0 Å². The lowest BCUT2D eigenvalue weighted by Crippen LogP contribution is -2.50. The first-order valence-electron chi connectivity index (χ1n) is 6.17. The molecule has 0 bridgehead atoms. The standard InChI is InChI=1S/C10H21N3O4S/c1-2-17-10(14)12-18(15,16)13-7-5-3-4-6-9(13)8-11/h9H,2-8,11H2,1H3,(H,12,14). The second-order valence-corrected chi connectivity index (χ2v) is 5.80. The van der Waals surface area contributed by atoms with Gasteiger partial charge in [0.15, 0.2) is 0 Å². The van der Waals surface area contributed by atoms with E-state index in [-0.39, 0.29) is 19.2 Å². The minimum Gasteiger partial charge on any atom is -0.449 e. The lowest BCUT2D eigenvalue weighted by Gasteiger charge is -2.27. The van der Waals surface area contributed by atoms with Gasteiger partial charge in [-0.3, -0.25) is 0 Å². The number of nitrogens with zero attached hydrogens (tertiary/aromatic N) is 1. The number of carbonyl (C=O) groups excluding carboxylic acids is 1. The van der Waals surface area contributed by atoms with Crippen LogP contribution in [0.15, 0.2) is 0 Å². The molecule has 0 spiro atoms. The van der Waals surface area contributed by atoms with Crippen molar-refractivity contribution in [1.82, 2.24) is 9.03 Å². The van der Waals surface area contributed by atoms with Crippen LogP contribution in [0.3, 0.4) is 0 Å². The van der Waals surface area contributed by atoms with E-state index in [1.54, 1.807) is 6.92 Å². The third kappa shape index (κ3) is 4.11. The molecule has 3 N–H and O–H groups in total. The Labute approximate surface area is 108 Å². The van der Waals surface area contributed by atoms with Crippen LogP contribution < -0.4 is 10.5 Å². The highest BCUT2D eigenvalue weighted by molar-refractivity contribution is 7.87. The van der Waals surface area contributed by atoms with Crippen LogP contribution >= 0.6 is 0 Å². The van der Waals surface area contributed by atoms with Gasteiger partial charge in [-0.05, 0) is 19.8 Å². The number of amides is 1. The van der Waals surface area contributed by atoms with Crippen LogP contribution in [0.2, 0.25) is 0 Å². The van der Waals surface area contributed by atoms with Crippen molar-refractivity contribution in [3.05, 3.63) is 0 Å². The third-order valence-electron chi connectivity index (χ3n) is 2.89. The Bertz CT molecular complexity index is 371. The average Bonchev–Trinajstić information content (AvgIpc) is 2.53. The number of rotatable bonds is 4. The Balaban J connectivity index is 2.76. The lowest BCUT2D eigenvalue weighted by molar-refractivity contribution is 0.157. The normalized spacial score (nSPS) is 22.2. The highest BCUT2D eigenvalue weighted by Gasteiger charge is 2.31. The summed E-state index contributed by atoms with van der Waals surface area (Å²) in [5.41, 5.74) is 5.60. The summed E-state index contributed by atoms with van der Waals surface area (Å²) in [5.74, 6) is 0. The van der Waals surface area contributed by atoms with E-state index in [9.17, 15) is 13.2 Å². The predicted octanol–water partition coefficient (Wildman–Crippen LogP) is 0.181. The Kier molecular flexibility index (Phi) is 5.83. The number of nitrogens with one attached hydrogen (secondary N) is 1. The summed E-state index contributed by atoms with van der Waals surface area (Å²) in [5, 5.41) is 0. The van der Waals surface area contributed by atoms with Crippen LogP contribution in [0, 0.1) is 0 Å². The van der Waals surface area contributed by atoms with Crippen LogP contribution in [0.1, 0.15) is 32.6 Å². The molecule has 1 atom stereocenters. The van der Waals surface area contributed by atoms with E-state index in [2.05, 4.69) is 4.74 Å². The first kappa shape index (κ1) is 15.2. The molecular weight excluding hydrogens is 258 g/mol. The number of ether oxygens (including phenoxy) is 1. The Morgan fingerprint density at radius 1 is 1.44 bits per heavy atom. The summed E-state index contributed by atoms with van der Waals surface area (Å²) < 4.78 is 31.9. The van der Waals surface area contributed by atoms with Crippen molar-refractivity contribution in [1.29, 1.82) is 0 Å². The molecule has 7 nitrogen and oxygen atoms in total. The number of hydrogen-bond donors (Lipinski definition) is 2. The molecular formula is C10H21N3O4S. The van der Waals surface area contributed by atoms with Gasteiger partial charge in [0.05, 0.1) is 6.61 Å². The highest BCUT2D eigenvalue weighted by atomic mass is 32.2. The molecule has 1 fully saturated rings. The molecule has 8 heteroatoms. The zero-order valence-electron chi connectivity index (χ0n) is 10.6. The van der Waals surface area contributed by atoms with Crippen molar-refractivity contribution in [2.75, 3.05) is 19.7 Å². The van der Waals surface area contributed by atoms with Gasteiger partial charge in [-0.2, -0.15) is 12.7 Å². The molecule has 0 aromatic carbocycles. The molecule has 1 heterocycles. The minimum atomic E-state index is -3.86. The fraction of sp³-hybridized carbons (Fsp3) is 0.900. The summed E-state index contributed by atoms with van der Waals surface area (Å²) >= 11 is 0. The van der Waals surface area contributed by atoms with Crippen molar-refractivity contribution < 1.29 is 17.9 Å². The SMILES string of the molecule is CCOC(=O)NS(=O)(=O)N1CCCCCC1CN. The van der Waals surface area contributed by atoms with Gasteiger partial charge in [0, 0.05) is 19.1 Å². The predicted molar refractivity (Wildman–Crippen MR) is 67.1 cm³/mol. The van der Waals surface area contributed by atoms with E-state index in [1.807, 2.05) is 4.72 Å². The zero-order chi connectivity index (χ0) is 13.6. The molecule has 18 heavy (non-hydrogen) atoms. The quantitative estimate of drug-likeness (QED) is 0.764.